The molecule has 2 heteroatoms. The van der Waals surface area contributed by atoms with Crippen molar-refractivity contribution in [2.45, 2.75) is 12.8 Å². The molecule has 0 radical (unpaired) electrons. The molecule has 0 N–H and O–H groups in total. The zero-order chi connectivity index (χ0) is 12.8. The predicted octanol–water partition coefficient (Wildman–Crippen LogP) is 3.35. The van der Waals surface area contributed by atoms with Crippen LogP contribution in [0.25, 0.3) is 0 Å². The maximum Gasteiger partial charge on any atom is 0.119 e. The van der Waals surface area contributed by atoms with Crippen molar-refractivity contribution in [3.8, 4) is 11.8 Å². The molecule has 0 fully saturated rings. The average molecular weight is 237 g/mol. The van der Waals surface area contributed by atoms with Crippen LogP contribution in [0.5, 0.6) is 5.75 Å². The minimum atomic E-state index is 0.416. The first-order valence-electron chi connectivity index (χ1n) is 5.90. The molecule has 0 aromatic heterocycles. The van der Waals surface area contributed by atoms with E-state index in [1.165, 1.54) is 11.1 Å². The normalized spacial score (nSPS) is 9.78. The van der Waals surface area contributed by atoms with Crippen molar-refractivity contribution in [3.05, 3.63) is 65.2 Å². The van der Waals surface area contributed by atoms with Gasteiger partial charge in [0.05, 0.1) is 19.6 Å². The Hall–Kier alpha value is -2.27. The standard InChI is InChI=1S/C16H15NO/c1-18-16-8-7-14(15(12-16)9-10-17)11-13-5-3-2-4-6-13/h2-8,12H,9,11H2,1H3. The maximum atomic E-state index is 8.88. The van der Waals surface area contributed by atoms with Crippen LogP contribution in [0, 0.1) is 11.3 Å². The van der Waals surface area contributed by atoms with E-state index in [0.717, 1.165) is 17.7 Å². The van der Waals surface area contributed by atoms with Gasteiger partial charge < -0.3 is 4.74 Å². The second-order valence-corrected chi connectivity index (χ2v) is 4.13. The van der Waals surface area contributed by atoms with Crippen LogP contribution in [-0.4, -0.2) is 7.11 Å². The number of hydrogen-bond acceptors (Lipinski definition) is 2. The number of benzene rings is 2. The molecule has 0 aliphatic carbocycles. The van der Waals surface area contributed by atoms with Crippen molar-refractivity contribution in [2.75, 3.05) is 7.11 Å². The van der Waals surface area contributed by atoms with E-state index in [-0.39, 0.29) is 0 Å². The molecule has 0 saturated heterocycles. The molecule has 0 bridgehead atoms. The van der Waals surface area contributed by atoms with Crippen LogP contribution in [0.3, 0.4) is 0 Å². The van der Waals surface area contributed by atoms with Gasteiger partial charge in [0.25, 0.3) is 0 Å². The average Bonchev–Trinajstić information content (AvgIpc) is 2.42. The fourth-order valence-corrected chi connectivity index (χ4v) is 1.97. The number of methoxy groups -OCH3 is 1. The molecular weight excluding hydrogens is 222 g/mol. The summed E-state index contributed by atoms with van der Waals surface area (Å²) in [5.74, 6) is 0.803. The van der Waals surface area contributed by atoms with Gasteiger partial charge in [-0.1, -0.05) is 36.4 Å². The Balaban J connectivity index is 2.30. The van der Waals surface area contributed by atoms with Crippen LogP contribution in [0.2, 0.25) is 0 Å². The summed E-state index contributed by atoms with van der Waals surface area (Å²) in [6.07, 6.45) is 1.27. The third kappa shape index (κ3) is 2.89. The number of rotatable bonds is 4. The van der Waals surface area contributed by atoms with Gasteiger partial charge in [0, 0.05) is 0 Å². The summed E-state index contributed by atoms with van der Waals surface area (Å²) in [6.45, 7) is 0. The van der Waals surface area contributed by atoms with Gasteiger partial charge in [0.1, 0.15) is 5.75 Å². The third-order valence-corrected chi connectivity index (χ3v) is 2.92. The number of nitriles is 1. The SMILES string of the molecule is COc1ccc(Cc2ccccc2)c(CC#N)c1. The number of hydrogen-bond donors (Lipinski definition) is 0. The molecule has 2 aromatic carbocycles. The van der Waals surface area contributed by atoms with E-state index >= 15 is 0 Å². The fraction of sp³-hybridized carbons (Fsp3) is 0.188. The van der Waals surface area contributed by atoms with Crippen molar-refractivity contribution in [2.24, 2.45) is 0 Å². The lowest BCUT2D eigenvalue weighted by Gasteiger charge is -2.09. The summed E-state index contributed by atoms with van der Waals surface area (Å²) < 4.78 is 5.20. The summed E-state index contributed by atoms with van der Waals surface area (Å²) in [4.78, 5) is 0. The summed E-state index contributed by atoms with van der Waals surface area (Å²) in [6, 6.07) is 18.4. The molecule has 0 aliphatic heterocycles. The van der Waals surface area contributed by atoms with Crippen LogP contribution >= 0.6 is 0 Å². The van der Waals surface area contributed by atoms with Crippen LogP contribution in [0.15, 0.2) is 48.5 Å². The minimum absolute atomic E-state index is 0.416. The highest BCUT2D eigenvalue weighted by Crippen LogP contribution is 2.20. The second-order valence-electron chi connectivity index (χ2n) is 4.13. The zero-order valence-corrected chi connectivity index (χ0v) is 10.4. The summed E-state index contributed by atoms with van der Waals surface area (Å²) >= 11 is 0. The van der Waals surface area contributed by atoms with Crippen LogP contribution in [0.1, 0.15) is 16.7 Å². The molecule has 2 nitrogen and oxygen atoms in total. The highest BCUT2D eigenvalue weighted by molar-refractivity contribution is 5.39. The summed E-state index contributed by atoms with van der Waals surface area (Å²) in [5.41, 5.74) is 3.48. The van der Waals surface area contributed by atoms with Crippen LogP contribution in [0.4, 0.5) is 0 Å². The lowest BCUT2D eigenvalue weighted by atomic mass is 9.98. The van der Waals surface area contributed by atoms with Gasteiger partial charge in [0.15, 0.2) is 0 Å². The van der Waals surface area contributed by atoms with Crippen molar-refractivity contribution < 1.29 is 4.74 Å². The fourth-order valence-electron chi connectivity index (χ4n) is 1.97. The van der Waals surface area contributed by atoms with Crippen molar-refractivity contribution in [3.63, 3.8) is 0 Å². The van der Waals surface area contributed by atoms with E-state index in [0.29, 0.717) is 6.42 Å². The summed E-state index contributed by atoms with van der Waals surface area (Å²) in [7, 11) is 1.64. The molecule has 0 amide bonds. The van der Waals surface area contributed by atoms with Gasteiger partial charge in [-0.2, -0.15) is 5.26 Å². The van der Waals surface area contributed by atoms with Crippen molar-refractivity contribution in [1.29, 1.82) is 5.26 Å². The zero-order valence-electron chi connectivity index (χ0n) is 10.4. The van der Waals surface area contributed by atoms with E-state index in [2.05, 4.69) is 18.2 Å². The van der Waals surface area contributed by atoms with Gasteiger partial charge >= 0.3 is 0 Å². The molecule has 2 aromatic rings. The lowest BCUT2D eigenvalue weighted by Crippen LogP contribution is -1.96. The smallest absolute Gasteiger partial charge is 0.119 e. The van der Waals surface area contributed by atoms with E-state index < -0.39 is 0 Å². The Bertz CT molecular complexity index is 555. The van der Waals surface area contributed by atoms with E-state index in [1.54, 1.807) is 7.11 Å². The van der Waals surface area contributed by atoms with Crippen LogP contribution in [-0.2, 0) is 12.8 Å². The Kier molecular flexibility index (Phi) is 3.98. The van der Waals surface area contributed by atoms with E-state index in [1.807, 2.05) is 36.4 Å². The van der Waals surface area contributed by atoms with Gasteiger partial charge in [-0.3, -0.25) is 0 Å². The molecule has 0 heterocycles. The quantitative estimate of drug-likeness (QED) is 0.817. The Labute approximate surface area is 107 Å². The molecule has 0 saturated carbocycles. The predicted molar refractivity (Wildman–Crippen MR) is 71.6 cm³/mol. The number of nitrogens with zero attached hydrogens (tertiary/aromatic N) is 1. The largest absolute Gasteiger partial charge is 0.497 e. The van der Waals surface area contributed by atoms with Crippen molar-refractivity contribution >= 4 is 0 Å². The van der Waals surface area contributed by atoms with Gasteiger partial charge in [-0.15, -0.1) is 0 Å². The monoisotopic (exact) mass is 237 g/mol. The van der Waals surface area contributed by atoms with Crippen LogP contribution < -0.4 is 4.74 Å². The molecular formula is C16H15NO. The number of ether oxygens (including phenoxy) is 1. The molecule has 0 unspecified atom stereocenters. The molecule has 0 spiro atoms. The first-order valence-corrected chi connectivity index (χ1v) is 5.90. The minimum Gasteiger partial charge on any atom is -0.497 e. The molecule has 18 heavy (non-hydrogen) atoms. The van der Waals surface area contributed by atoms with E-state index in [4.69, 9.17) is 10.00 Å². The maximum absolute atomic E-state index is 8.88. The Morgan fingerprint density at radius 2 is 1.83 bits per heavy atom. The van der Waals surface area contributed by atoms with Gasteiger partial charge in [0.2, 0.25) is 0 Å². The highest BCUT2D eigenvalue weighted by Gasteiger charge is 2.05. The third-order valence-electron chi connectivity index (χ3n) is 2.92. The molecule has 90 valence electrons. The Morgan fingerprint density at radius 1 is 1.06 bits per heavy atom. The second kappa shape index (κ2) is 5.88. The molecule has 0 atom stereocenters. The van der Waals surface area contributed by atoms with E-state index in [9.17, 15) is 0 Å². The summed E-state index contributed by atoms with van der Waals surface area (Å²) in [5, 5.41) is 8.88. The molecule has 0 aliphatic rings. The lowest BCUT2D eigenvalue weighted by molar-refractivity contribution is 0.414. The molecule has 2 rings (SSSR count). The Morgan fingerprint density at radius 3 is 2.50 bits per heavy atom. The van der Waals surface area contributed by atoms with Crippen molar-refractivity contribution in [1.82, 2.24) is 0 Å². The first-order chi connectivity index (χ1) is 8.83. The highest BCUT2D eigenvalue weighted by atomic mass is 16.5. The van der Waals surface area contributed by atoms with Gasteiger partial charge in [-0.25, -0.2) is 0 Å². The topological polar surface area (TPSA) is 33.0 Å². The first kappa shape index (κ1) is 12.2. The van der Waals surface area contributed by atoms with Gasteiger partial charge in [-0.05, 0) is 35.2 Å².